The summed E-state index contributed by atoms with van der Waals surface area (Å²) >= 11 is 0. The van der Waals surface area contributed by atoms with Crippen LogP contribution in [0.4, 0.5) is 0 Å². The molecule has 0 atom stereocenters. The van der Waals surface area contributed by atoms with Crippen LogP contribution in [0, 0.1) is 5.92 Å². The molecule has 0 unspecified atom stereocenters. The molecular weight excluding hydrogens is 354 g/mol. The molecule has 1 saturated heterocycles. The van der Waals surface area contributed by atoms with Gasteiger partial charge in [-0.2, -0.15) is 0 Å². The Bertz CT molecular complexity index is 828. The zero-order chi connectivity index (χ0) is 19.8. The number of carbonyl (C=O) groups is 2. The molecule has 2 aromatic rings. The lowest BCUT2D eigenvalue weighted by molar-refractivity contribution is -0.116. The number of benzene rings is 1. The van der Waals surface area contributed by atoms with E-state index in [4.69, 9.17) is 4.74 Å². The first-order valence-electron chi connectivity index (χ1n) is 9.45. The van der Waals surface area contributed by atoms with E-state index >= 15 is 0 Å². The molecule has 28 heavy (non-hydrogen) atoms. The molecule has 6 nitrogen and oxygen atoms in total. The Morgan fingerprint density at radius 2 is 2.00 bits per heavy atom. The molecule has 0 bridgehead atoms. The smallest absolute Gasteiger partial charge is 0.255 e. The van der Waals surface area contributed by atoms with Crippen LogP contribution in [0.15, 0.2) is 54.9 Å². The molecule has 2 heterocycles. The van der Waals surface area contributed by atoms with Crippen LogP contribution in [0.2, 0.25) is 0 Å². The highest BCUT2D eigenvalue weighted by atomic mass is 16.5. The minimum absolute atomic E-state index is 0.0235. The van der Waals surface area contributed by atoms with Crippen molar-refractivity contribution < 1.29 is 14.3 Å². The average molecular weight is 379 g/mol. The summed E-state index contributed by atoms with van der Waals surface area (Å²) in [4.78, 5) is 30.4. The van der Waals surface area contributed by atoms with Gasteiger partial charge >= 0.3 is 0 Å². The maximum Gasteiger partial charge on any atom is 0.255 e. The molecule has 6 heteroatoms. The number of para-hydroxylation sites is 1. The number of likely N-dealkylation sites (tertiary alicyclic amines) is 1. The van der Waals surface area contributed by atoms with Gasteiger partial charge in [0, 0.05) is 43.7 Å². The van der Waals surface area contributed by atoms with Crippen molar-refractivity contribution in [3.05, 3.63) is 66.0 Å². The normalized spacial score (nSPS) is 14.8. The van der Waals surface area contributed by atoms with Gasteiger partial charge in [0.2, 0.25) is 5.91 Å². The number of rotatable bonds is 6. The maximum atomic E-state index is 12.4. The van der Waals surface area contributed by atoms with Crippen molar-refractivity contribution in [1.29, 1.82) is 0 Å². The molecular formula is C22H25N3O3. The second kappa shape index (κ2) is 9.69. The van der Waals surface area contributed by atoms with Gasteiger partial charge in [-0.25, -0.2) is 0 Å². The predicted molar refractivity (Wildman–Crippen MR) is 108 cm³/mol. The van der Waals surface area contributed by atoms with Crippen LogP contribution in [0.1, 0.15) is 28.8 Å². The summed E-state index contributed by atoms with van der Waals surface area (Å²) < 4.78 is 5.28. The largest absolute Gasteiger partial charge is 0.496 e. The third-order valence-corrected chi connectivity index (χ3v) is 4.93. The van der Waals surface area contributed by atoms with Crippen LogP contribution < -0.4 is 10.1 Å². The number of piperidine rings is 1. The topological polar surface area (TPSA) is 71.5 Å². The van der Waals surface area contributed by atoms with E-state index in [0.29, 0.717) is 31.1 Å². The van der Waals surface area contributed by atoms with Gasteiger partial charge in [0.25, 0.3) is 5.91 Å². The standard InChI is InChI=1S/C22H25N3O3/c1-28-20-7-3-2-5-18(20)8-9-21(26)24-15-17-10-13-25(14-11-17)22(27)19-6-4-12-23-16-19/h2-9,12,16-17H,10-11,13-15H2,1H3,(H,24,26)/b9-8+. The summed E-state index contributed by atoms with van der Waals surface area (Å²) in [5.74, 6) is 1.01. The third kappa shape index (κ3) is 5.19. The van der Waals surface area contributed by atoms with E-state index in [1.54, 1.807) is 37.7 Å². The number of ether oxygens (including phenoxy) is 1. The van der Waals surface area contributed by atoms with E-state index in [1.165, 1.54) is 6.08 Å². The first kappa shape index (κ1) is 19.6. The monoisotopic (exact) mass is 379 g/mol. The van der Waals surface area contributed by atoms with Crippen molar-refractivity contribution in [1.82, 2.24) is 15.2 Å². The molecule has 2 amide bonds. The zero-order valence-corrected chi connectivity index (χ0v) is 16.0. The van der Waals surface area contributed by atoms with Gasteiger partial charge in [-0.1, -0.05) is 18.2 Å². The minimum atomic E-state index is -0.125. The van der Waals surface area contributed by atoms with Gasteiger partial charge in [-0.05, 0) is 43.0 Å². The molecule has 1 aliphatic rings. The van der Waals surface area contributed by atoms with Crippen molar-refractivity contribution in [3.8, 4) is 5.75 Å². The third-order valence-electron chi connectivity index (χ3n) is 4.93. The van der Waals surface area contributed by atoms with Gasteiger partial charge in [0.05, 0.1) is 12.7 Å². The molecule has 0 spiro atoms. The SMILES string of the molecule is COc1ccccc1/C=C/C(=O)NCC1CCN(C(=O)c2cccnc2)CC1. The van der Waals surface area contributed by atoms with Crippen LogP contribution in [0.5, 0.6) is 5.75 Å². The fraction of sp³-hybridized carbons (Fsp3) is 0.318. The summed E-state index contributed by atoms with van der Waals surface area (Å²) in [6, 6.07) is 11.1. The Balaban J connectivity index is 1.43. The van der Waals surface area contributed by atoms with Crippen molar-refractivity contribution in [2.24, 2.45) is 5.92 Å². The van der Waals surface area contributed by atoms with Crippen molar-refractivity contribution in [2.75, 3.05) is 26.7 Å². The van der Waals surface area contributed by atoms with E-state index in [9.17, 15) is 9.59 Å². The maximum absolute atomic E-state index is 12.4. The predicted octanol–water partition coefficient (Wildman–Crippen LogP) is 2.77. The van der Waals surface area contributed by atoms with Crippen molar-refractivity contribution >= 4 is 17.9 Å². The summed E-state index contributed by atoms with van der Waals surface area (Å²) in [6.07, 6.45) is 8.30. The summed E-state index contributed by atoms with van der Waals surface area (Å²) in [5.41, 5.74) is 1.48. The Labute approximate surface area is 165 Å². The number of methoxy groups -OCH3 is 1. The number of aromatic nitrogens is 1. The quantitative estimate of drug-likeness (QED) is 0.784. The van der Waals surface area contributed by atoms with Crippen LogP contribution in [0.3, 0.4) is 0 Å². The fourth-order valence-electron chi connectivity index (χ4n) is 3.29. The molecule has 0 aliphatic carbocycles. The highest BCUT2D eigenvalue weighted by Gasteiger charge is 2.23. The van der Waals surface area contributed by atoms with Gasteiger partial charge in [-0.15, -0.1) is 0 Å². The zero-order valence-electron chi connectivity index (χ0n) is 16.0. The van der Waals surface area contributed by atoms with Crippen LogP contribution in [-0.2, 0) is 4.79 Å². The van der Waals surface area contributed by atoms with Gasteiger partial charge in [0.1, 0.15) is 5.75 Å². The van der Waals surface area contributed by atoms with Gasteiger partial charge in [0.15, 0.2) is 0 Å². The number of carbonyl (C=O) groups excluding carboxylic acids is 2. The Morgan fingerprint density at radius 3 is 2.71 bits per heavy atom. The van der Waals surface area contributed by atoms with E-state index in [-0.39, 0.29) is 11.8 Å². The molecule has 1 fully saturated rings. The van der Waals surface area contributed by atoms with Crippen LogP contribution in [-0.4, -0.2) is 48.4 Å². The first-order valence-corrected chi connectivity index (χ1v) is 9.45. The Hall–Kier alpha value is -3.15. The molecule has 3 rings (SSSR count). The highest BCUT2D eigenvalue weighted by molar-refractivity contribution is 5.94. The number of hydrogen-bond donors (Lipinski definition) is 1. The number of nitrogens with one attached hydrogen (secondary N) is 1. The fourth-order valence-corrected chi connectivity index (χ4v) is 3.29. The number of hydrogen-bond acceptors (Lipinski definition) is 4. The second-order valence-electron chi connectivity index (χ2n) is 6.80. The molecule has 1 aromatic carbocycles. The molecule has 1 aliphatic heterocycles. The summed E-state index contributed by atoms with van der Waals surface area (Å²) in [7, 11) is 1.61. The lowest BCUT2D eigenvalue weighted by atomic mass is 9.96. The van der Waals surface area contributed by atoms with Crippen LogP contribution >= 0.6 is 0 Å². The number of amides is 2. The summed E-state index contributed by atoms with van der Waals surface area (Å²) in [6.45, 7) is 2.01. The van der Waals surface area contributed by atoms with Crippen molar-refractivity contribution in [3.63, 3.8) is 0 Å². The Kier molecular flexibility index (Phi) is 6.78. The lowest BCUT2D eigenvalue weighted by Crippen LogP contribution is -2.41. The van der Waals surface area contributed by atoms with Crippen LogP contribution in [0.25, 0.3) is 6.08 Å². The molecule has 0 saturated carbocycles. The lowest BCUT2D eigenvalue weighted by Gasteiger charge is -2.32. The van der Waals surface area contributed by atoms with E-state index in [2.05, 4.69) is 10.3 Å². The van der Waals surface area contributed by atoms with E-state index < -0.39 is 0 Å². The Morgan fingerprint density at radius 1 is 1.21 bits per heavy atom. The van der Waals surface area contributed by atoms with E-state index in [1.807, 2.05) is 29.2 Å². The minimum Gasteiger partial charge on any atom is -0.496 e. The van der Waals surface area contributed by atoms with Gasteiger partial charge < -0.3 is 15.0 Å². The average Bonchev–Trinajstić information content (AvgIpc) is 2.77. The number of nitrogens with zero attached hydrogens (tertiary/aromatic N) is 2. The molecule has 146 valence electrons. The number of pyridine rings is 1. The molecule has 1 aromatic heterocycles. The van der Waals surface area contributed by atoms with E-state index in [0.717, 1.165) is 24.2 Å². The molecule has 1 N–H and O–H groups in total. The summed E-state index contributed by atoms with van der Waals surface area (Å²) in [5, 5.41) is 2.96. The van der Waals surface area contributed by atoms with Gasteiger partial charge in [-0.3, -0.25) is 14.6 Å². The first-order chi connectivity index (χ1) is 13.7. The molecule has 0 radical (unpaired) electrons. The van der Waals surface area contributed by atoms with Crippen molar-refractivity contribution in [2.45, 2.75) is 12.8 Å². The second-order valence-corrected chi connectivity index (χ2v) is 6.80. The highest BCUT2D eigenvalue weighted by Crippen LogP contribution is 2.19.